The first-order valence-electron chi connectivity index (χ1n) is 7.58. The molecule has 1 aromatic rings. The van der Waals surface area contributed by atoms with E-state index in [0.29, 0.717) is 30.5 Å². The molecule has 2 atom stereocenters. The van der Waals surface area contributed by atoms with Crippen molar-refractivity contribution in [1.29, 1.82) is 0 Å². The first kappa shape index (κ1) is 12.7. The van der Waals surface area contributed by atoms with Crippen LogP contribution < -0.4 is 5.32 Å². The van der Waals surface area contributed by atoms with E-state index in [2.05, 4.69) is 34.5 Å². The zero-order chi connectivity index (χ0) is 13.5. The molecular weight excluding hydrogens is 268 g/mol. The molecule has 1 saturated heterocycles. The van der Waals surface area contributed by atoms with Crippen LogP contribution in [0.4, 0.5) is 0 Å². The zero-order valence-electron chi connectivity index (χ0n) is 11.5. The number of hydrogen-bond acceptors (Lipinski definition) is 3. The normalized spacial score (nSPS) is 29.6. The molecule has 0 radical (unpaired) electrons. The van der Waals surface area contributed by atoms with Gasteiger partial charge in [0.2, 0.25) is 5.91 Å². The number of rotatable bonds is 3. The maximum absolute atomic E-state index is 12.0. The van der Waals surface area contributed by atoms with E-state index in [9.17, 15) is 4.79 Å². The minimum atomic E-state index is 0.337. The lowest BCUT2D eigenvalue weighted by Crippen LogP contribution is -2.37. The summed E-state index contributed by atoms with van der Waals surface area (Å²) in [5.41, 5.74) is 1.42. The summed E-state index contributed by atoms with van der Waals surface area (Å²) in [6.07, 6.45) is 4.26. The highest BCUT2D eigenvalue weighted by molar-refractivity contribution is 7.99. The SMILES string of the molecule is O=C1C[C@H](N[C@H]2CCSc3ccccc32)CN1C1CC1. The van der Waals surface area contributed by atoms with E-state index in [1.807, 2.05) is 11.8 Å². The molecule has 106 valence electrons. The number of hydrogen-bond donors (Lipinski definition) is 1. The number of carbonyl (C=O) groups is 1. The van der Waals surface area contributed by atoms with Crippen LogP contribution in [0.1, 0.15) is 37.3 Å². The molecule has 2 heterocycles. The maximum atomic E-state index is 12.0. The number of benzene rings is 1. The van der Waals surface area contributed by atoms with Crippen molar-refractivity contribution < 1.29 is 4.79 Å². The number of amides is 1. The van der Waals surface area contributed by atoms with Gasteiger partial charge in [-0.15, -0.1) is 11.8 Å². The molecule has 0 unspecified atom stereocenters. The Hall–Kier alpha value is -1.00. The molecule has 1 N–H and O–H groups in total. The molecule has 4 rings (SSSR count). The predicted molar refractivity (Wildman–Crippen MR) is 80.8 cm³/mol. The molecule has 1 aromatic carbocycles. The van der Waals surface area contributed by atoms with E-state index in [1.165, 1.54) is 29.1 Å². The fraction of sp³-hybridized carbons (Fsp3) is 0.562. The largest absolute Gasteiger partial charge is 0.338 e. The number of carbonyl (C=O) groups excluding carboxylic acids is 1. The van der Waals surface area contributed by atoms with Gasteiger partial charge in [0.25, 0.3) is 0 Å². The average molecular weight is 288 g/mol. The lowest BCUT2D eigenvalue weighted by molar-refractivity contribution is -0.128. The highest BCUT2D eigenvalue weighted by Crippen LogP contribution is 2.37. The van der Waals surface area contributed by atoms with Crippen LogP contribution in [-0.2, 0) is 4.79 Å². The van der Waals surface area contributed by atoms with Gasteiger partial charge >= 0.3 is 0 Å². The van der Waals surface area contributed by atoms with Crippen LogP contribution in [0, 0.1) is 0 Å². The summed E-state index contributed by atoms with van der Waals surface area (Å²) in [5.74, 6) is 1.52. The quantitative estimate of drug-likeness (QED) is 0.928. The molecule has 1 amide bonds. The van der Waals surface area contributed by atoms with Crippen LogP contribution in [-0.4, -0.2) is 35.2 Å². The smallest absolute Gasteiger partial charge is 0.224 e. The van der Waals surface area contributed by atoms with Crippen LogP contribution in [0.3, 0.4) is 0 Å². The Bertz CT molecular complexity index is 529. The number of fused-ring (bicyclic) bond motifs is 1. The third kappa shape index (κ3) is 2.35. The predicted octanol–water partition coefficient (Wildman–Crippen LogP) is 2.58. The van der Waals surface area contributed by atoms with Crippen molar-refractivity contribution in [2.75, 3.05) is 12.3 Å². The van der Waals surface area contributed by atoms with Gasteiger partial charge < -0.3 is 10.2 Å². The molecule has 1 aliphatic carbocycles. The molecule has 4 heteroatoms. The summed E-state index contributed by atoms with van der Waals surface area (Å²) >= 11 is 1.95. The van der Waals surface area contributed by atoms with Crippen molar-refractivity contribution in [2.24, 2.45) is 0 Å². The Kier molecular flexibility index (Phi) is 3.23. The van der Waals surface area contributed by atoms with Gasteiger partial charge in [0.1, 0.15) is 0 Å². The highest BCUT2D eigenvalue weighted by Gasteiger charge is 2.40. The van der Waals surface area contributed by atoms with E-state index < -0.39 is 0 Å². The van der Waals surface area contributed by atoms with Crippen LogP contribution in [0.2, 0.25) is 0 Å². The third-order valence-electron chi connectivity index (χ3n) is 4.54. The van der Waals surface area contributed by atoms with Gasteiger partial charge in [-0.25, -0.2) is 0 Å². The van der Waals surface area contributed by atoms with Gasteiger partial charge in [-0.05, 0) is 36.6 Å². The van der Waals surface area contributed by atoms with Gasteiger partial charge in [0, 0.05) is 36.0 Å². The van der Waals surface area contributed by atoms with Crippen molar-refractivity contribution in [3.63, 3.8) is 0 Å². The second kappa shape index (κ2) is 5.08. The second-order valence-electron chi connectivity index (χ2n) is 6.07. The Morgan fingerprint density at radius 3 is 2.90 bits per heavy atom. The topological polar surface area (TPSA) is 32.3 Å². The van der Waals surface area contributed by atoms with Gasteiger partial charge in [0.05, 0.1) is 0 Å². The number of nitrogens with zero attached hydrogens (tertiary/aromatic N) is 1. The van der Waals surface area contributed by atoms with Crippen LogP contribution >= 0.6 is 11.8 Å². The van der Waals surface area contributed by atoms with Crippen molar-refractivity contribution >= 4 is 17.7 Å². The molecule has 3 nitrogen and oxygen atoms in total. The Morgan fingerprint density at radius 1 is 1.20 bits per heavy atom. The lowest BCUT2D eigenvalue weighted by atomic mass is 10.0. The Morgan fingerprint density at radius 2 is 2.05 bits per heavy atom. The van der Waals surface area contributed by atoms with Crippen molar-refractivity contribution in [2.45, 2.75) is 48.7 Å². The van der Waals surface area contributed by atoms with E-state index >= 15 is 0 Å². The van der Waals surface area contributed by atoms with Gasteiger partial charge in [-0.3, -0.25) is 4.79 Å². The van der Waals surface area contributed by atoms with Crippen LogP contribution in [0.25, 0.3) is 0 Å². The maximum Gasteiger partial charge on any atom is 0.224 e. The molecule has 1 saturated carbocycles. The highest BCUT2D eigenvalue weighted by atomic mass is 32.2. The molecular formula is C16H20N2OS. The van der Waals surface area contributed by atoms with Crippen molar-refractivity contribution in [3.8, 4) is 0 Å². The molecule has 0 aromatic heterocycles. The molecule has 2 fully saturated rings. The molecule has 3 aliphatic rings. The van der Waals surface area contributed by atoms with Crippen molar-refractivity contribution in [1.82, 2.24) is 10.2 Å². The standard InChI is InChI=1S/C16H20N2OS/c19-16-9-11(10-18(16)12-5-6-12)17-14-7-8-20-15-4-2-1-3-13(14)15/h1-4,11-12,14,17H,5-10H2/t11-,14-/m0/s1. The number of thioether (sulfide) groups is 1. The van der Waals surface area contributed by atoms with Gasteiger partial charge in [0.15, 0.2) is 0 Å². The molecule has 20 heavy (non-hydrogen) atoms. The number of nitrogens with one attached hydrogen (secondary N) is 1. The Balaban J connectivity index is 1.46. The number of likely N-dealkylation sites (tertiary alicyclic amines) is 1. The fourth-order valence-electron chi connectivity index (χ4n) is 3.38. The van der Waals surface area contributed by atoms with Crippen LogP contribution in [0.5, 0.6) is 0 Å². The van der Waals surface area contributed by atoms with Gasteiger partial charge in [-0.1, -0.05) is 18.2 Å². The average Bonchev–Trinajstić information content (AvgIpc) is 3.24. The van der Waals surface area contributed by atoms with E-state index in [-0.39, 0.29) is 0 Å². The zero-order valence-corrected chi connectivity index (χ0v) is 12.4. The summed E-state index contributed by atoms with van der Waals surface area (Å²) in [6.45, 7) is 0.912. The second-order valence-corrected chi connectivity index (χ2v) is 7.21. The first-order valence-corrected chi connectivity index (χ1v) is 8.57. The third-order valence-corrected chi connectivity index (χ3v) is 5.66. The van der Waals surface area contributed by atoms with E-state index in [0.717, 1.165) is 13.0 Å². The summed E-state index contributed by atoms with van der Waals surface area (Å²) in [4.78, 5) is 15.5. The van der Waals surface area contributed by atoms with Gasteiger partial charge in [-0.2, -0.15) is 0 Å². The lowest BCUT2D eigenvalue weighted by Gasteiger charge is -2.28. The summed E-state index contributed by atoms with van der Waals surface area (Å²) in [6, 6.07) is 9.99. The molecule has 0 spiro atoms. The van der Waals surface area contributed by atoms with E-state index in [1.54, 1.807) is 0 Å². The summed E-state index contributed by atoms with van der Waals surface area (Å²) in [5, 5.41) is 3.74. The summed E-state index contributed by atoms with van der Waals surface area (Å²) < 4.78 is 0. The first-order chi connectivity index (χ1) is 9.81. The minimum absolute atomic E-state index is 0.337. The molecule has 2 aliphatic heterocycles. The minimum Gasteiger partial charge on any atom is -0.338 e. The fourth-order valence-corrected chi connectivity index (χ4v) is 4.51. The Labute approximate surface area is 124 Å². The monoisotopic (exact) mass is 288 g/mol. The van der Waals surface area contributed by atoms with Crippen molar-refractivity contribution in [3.05, 3.63) is 29.8 Å². The van der Waals surface area contributed by atoms with E-state index in [4.69, 9.17) is 0 Å². The van der Waals surface area contributed by atoms with Crippen LogP contribution in [0.15, 0.2) is 29.2 Å². The molecule has 0 bridgehead atoms. The summed E-state index contributed by atoms with van der Waals surface area (Å²) in [7, 11) is 0.